The molecule has 1 fully saturated rings. The van der Waals surface area contributed by atoms with Crippen LogP contribution in [0.5, 0.6) is 17.2 Å². The highest BCUT2D eigenvalue weighted by Crippen LogP contribution is 2.34. The molecule has 0 saturated carbocycles. The molecular weight excluding hydrogens is 304 g/mol. The van der Waals surface area contributed by atoms with Gasteiger partial charge in [0.2, 0.25) is 0 Å². The largest absolute Gasteiger partial charge is 0.496 e. The minimum atomic E-state index is -0.271. The summed E-state index contributed by atoms with van der Waals surface area (Å²) in [6.07, 6.45) is 0.566. The van der Waals surface area contributed by atoms with Crippen LogP contribution in [-0.2, 0) is 11.2 Å². The summed E-state index contributed by atoms with van der Waals surface area (Å²) in [7, 11) is 4.77. The van der Waals surface area contributed by atoms with Crippen LogP contribution in [0.25, 0.3) is 0 Å². The van der Waals surface area contributed by atoms with Gasteiger partial charge in [-0.25, -0.2) is 0 Å². The van der Waals surface area contributed by atoms with E-state index in [1.54, 1.807) is 45.3 Å². The van der Waals surface area contributed by atoms with Crippen LogP contribution in [0.1, 0.15) is 12.5 Å². The third-order valence-electron chi connectivity index (χ3n) is 3.62. The first-order valence-corrected chi connectivity index (χ1v) is 7.33. The maximum atomic E-state index is 12.0. The van der Waals surface area contributed by atoms with Crippen LogP contribution in [0.3, 0.4) is 0 Å². The highest BCUT2D eigenvalue weighted by Gasteiger charge is 2.32. The van der Waals surface area contributed by atoms with E-state index < -0.39 is 0 Å². The fourth-order valence-electron chi connectivity index (χ4n) is 2.42. The van der Waals surface area contributed by atoms with Crippen LogP contribution in [0.4, 0.5) is 0 Å². The third-order valence-corrected chi connectivity index (χ3v) is 3.96. The smallest absolute Gasteiger partial charge is 0.251 e. The van der Waals surface area contributed by atoms with Crippen molar-refractivity contribution in [2.24, 2.45) is 0 Å². The van der Waals surface area contributed by atoms with Crippen molar-refractivity contribution in [2.75, 3.05) is 27.9 Å². The maximum absolute atomic E-state index is 12.0. The Morgan fingerprint density at radius 3 is 2.18 bits per heavy atom. The number of hydrogen-bond acceptors (Lipinski definition) is 5. The number of methoxy groups -OCH3 is 3. The van der Waals surface area contributed by atoms with Crippen LogP contribution >= 0.6 is 12.2 Å². The van der Waals surface area contributed by atoms with Crippen molar-refractivity contribution in [3.63, 3.8) is 0 Å². The first kappa shape index (κ1) is 16.4. The lowest BCUT2D eigenvalue weighted by molar-refractivity contribution is -0.126. The van der Waals surface area contributed by atoms with Crippen LogP contribution in [-0.4, -0.2) is 49.8 Å². The number of nitrogens with one attached hydrogen (secondary N) is 1. The lowest BCUT2D eigenvalue weighted by Gasteiger charge is -2.18. The molecule has 0 radical (unpaired) electrons. The summed E-state index contributed by atoms with van der Waals surface area (Å²) < 4.78 is 16.0. The van der Waals surface area contributed by atoms with Crippen molar-refractivity contribution in [3.05, 3.63) is 17.7 Å². The molecule has 22 heavy (non-hydrogen) atoms. The maximum Gasteiger partial charge on any atom is 0.251 e. The van der Waals surface area contributed by atoms with Crippen LogP contribution in [0.2, 0.25) is 0 Å². The second-order valence-electron chi connectivity index (χ2n) is 4.92. The molecule has 120 valence electrons. The number of hydrogen-bond donors (Lipinski definition) is 1. The lowest BCUT2D eigenvalue weighted by Crippen LogP contribution is -2.33. The molecule has 1 aromatic rings. The average Bonchev–Trinajstić information content (AvgIpc) is 2.77. The van der Waals surface area contributed by atoms with E-state index in [-0.39, 0.29) is 11.9 Å². The Kier molecular flexibility index (Phi) is 5.07. The highest BCUT2D eigenvalue weighted by molar-refractivity contribution is 7.80. The van der Waals surface area contributed by atoms with E-state index in [2.05, 4.69) is 5.32 Å². The second-order valence-corrected chi connectivity index (χ2v) is 5.31. The van der Waals surface area contributed by atoms with E-state index in [0.29, 0.717) is 35.3 Å². The van der Waals surface area contributed by atoms with Crippen molar-refractivity contribution in [3.8, 4) is 17.2 Å². The standard InChI is InChI=1S/C15H20N2O4S/c1-9-14(18)17(15(22)16-9)6-5-11-12(20-3)7-10(19-2)8-13(11)21-4/h7-9H,5-6H2,1-4H3,(H,16,22). The molecule has 1 amide bonds. The topological polar surface area (TPSA) is 60.0 Å². The van der Waals surface area contributed by atoms with Gasteiger partial charge in [-0.3, -0.25) is 9.69 Å². The fraction of sp³-hybridized carbons (Fsp3) is 0.467. The Labute approximate surface area is 135 Å². The number of benzene rings is 1. The predicted molar refractivity (Wildman–Crippen MR) is 86.7 cm³/mol. The number of rotatable bonds is 6. The number of carbonyl (C=O) groups excluding carboxylic acids is 1. The molecular formula is C15H20N2O4S. The van der Waals surface area contributed by atoms with Gasteiger partial charge in [-0.1, -0.05) is 0 Å². The van der Waals surface area contributed by atoms with E-state index >= 15 is 0 Å². The molecule has 1 heterocycles. The molecule has 1 saturated heterocycles. The molecule has 0 spiro atoms. The molecule has 2 rings (SSSR count). The molecule has 0 aliphatic carbocycles. The summed E-state index contributed by atoms with van der Waals surface area (Å²) in [6, 6.07) is 3.32. The van der Waals surface area contributed by atoms with Crippen LogP contribution < -0.4 is 19.5 Å². The molecule has 6 nitrogen and oxygen atoms in total. The van der Waals surface area contributed by atoms with Crippen LogP contribution in [0.15, 0.2) is 12.1 Å². The summed E-state index contributed by atoms with van der Waals surface area (Å²) in [5.41, 5.74) is 0.876. The van der Waals surface area contributed by atoms with Gasteiger partial charge in [0, 0.05) is 24.2 Å². The zero-order valence-electron chi connectivity index (χ0n) is 13.1. The van der Waals surface area contributed by atoms with Gasteiger partial charge in [0.15, 0.2) is 5.11 Å². The molecule has 0 aromatic heterocycles. The Hall–Kier alpha value is -2.02. The third kappa shape index (κ3) is 3.09. The number of ether oxygens (including phenoxy) is 3. The first-order chi connectivity index (χ1) is 10.5. The Balaban J connectivity index is 2.22. The van der Waals surface area contributed by atoms with Gasteiger partial charge < -0.3 is 19.5 Å². The summed E-state index contributed by atoms with van der Waals surface area (Å²) in [4.78, 5) is 13.6. The van der Waals surface area contributed by atoms with Gasteiger partial charge in [0.25, 0.3) is 5.91 Å². The van der Waals surface area contributed by atoms with Gasteiger partial charge in [0.1, 0.15) is 23.3 Å². The zero-order valence-corrected chi connectivity index (χ0v) is 14.0. The number of amides is 1. The van der Waals surface area contributed by atoms with Crippen molar-refractivity contribution >= 4 is 23.2 Å². The van der Waals surface area contributed by atoms with Gasteiger partial charge >= 0.3 is 0 Å². The van der Waals surface area contributed by atoms with Crippen molar-refractivity contribution in [2.45, 2.75) is 19.4 Å². The number of nitrogens with zero attached hydrogens (tertiary/aromatic N) is 1. The van der Waals surface area contributed by atoms with E-state index in [9.17, 15) is 4.79 Å². The van der Waals surface area contributed by atoms with Crippen molar-refractivity contribution < 1.29 is 19.0 Å². The van der Waals surface area contributed by atoms with Crippen LogP contribution in [0, 0.1) is 0 Å². The average molecular weight is 324 g/mol. The summed E-state index contributed by atoms with van der Waals surface area (Å²) >= 11 is 5.18. The molecule has 1 N–H and O–H groups in total. The van der Waals surface area contributed by atoms with E-state index in [0.717, 1.165) is 5.56 Å². The predicted octanol–water partition coefficient (Wildman–Crippen LogP) is 1.36. The lowest BCUT2D eigenvalue weighted by atomic mass is 10.1. The quantitative estimate of drug-likeness (QED) is 0.798. The molecule has 1 aliphatic rings. The second kappa shape index (κ2) is 6.83. The minimum Gasteiger partial charge on any atom is -0.496 e. The van der Waals surface area contributed by atoms with E-state index in [4.69, 9.17) is 26.4 Å². The van der Waals surface area contributed by atoms with Gasteiger partial charge in [-0.05, 0) is 25.6 Å². The number of thiocarbonyl (C=S) groups is 1. The SMILES string of the molecule is COc1cc(OC)c(CCN2C(=O)C(C)NC2=S)c(OC)c1. The van der Waals surface area contributed by atoms with Gasteiger partial charge in [-0.15, -0.1) is 0 Å². The Morgan fingerprint density at radius 1 is 1.18 bits per heavy atom. The molecule has 0 bridgehead atoms. The van der Waals surface area contributed by atoms with E-state index in [1.165, 1.54) is 0 Å². The Bertz CT molecular complexity index is 566. The Morgan fingerprint density at radius 2 is 1.77 bits per heavy atom. The van der Waals surface area contributed by atoms with E-state index in [1.807, 2.05) is 0 Å². The molecule has 1 atom stereocenters. The summed E-state index contributed by atoms with van der Waals surface area (Å²) in [6.45, 7) is 2.26. The molecule has 7 heteroatoms. The monoisotopic (exact) mass is 324 g/mol. The molecule has 1 unspecified atom stereocenters. The summed E-state index contributed by atoms with van der Waals surface area (Å²) in [5.74, 6) is 1.96. The minimum absolute atomic E-state index is 0.0172. The molecule has 1 aliphatic heterocycles. The van der Waals surface area contributed by atoms with Gasteiger partial charge in [0.05, 0.1) is 21.3 Å². The zero-order chi connectivity index (χ0) is 16.3. The summed E-state index contributed by atoms with van der Waals surface area (Å²) in [5, 5.41) is 3.42. The number of carbonyl (C=O) groups is 1. The first-order valence-electron chi connectivity index (χ1n) is 6.92. The fourth-order valence-corrected chi connectivity index (χ4v) is 2.78. The van der Waals surface area contributed by atoms with Crippen molar-refractivity contribution in [1.29, 1.82) is 0 Å². The molecule has 1 aromatic carbocycles. The van der Waals surface area contributed by atoms with Crippen molar-refractivity contribution in [1.82, 2.24) is 10.2 Å². The normalized spacial score (nSPS) is 17.5. The highest BCUT2D eigenvalue weighted by atomic mass is 32.1. The van der Waals surface area contributed by atoms with Gasteiger partial charge in [-0.2, -0.15) is 0 Å².